The molecule has 2 atom stereocenters. The highest BCUT2D eigenvalue weighted by Crippen LogP contribution is 2.12. The Balaban J connectivity index is 2.45. The molecule has 1 aliphatic heterocycles. The van der Waals surface area contributed by atoms with Gasteiger partial charge in [-0.05, 0) is 39.2 Å². The Kier molecular flexibility index (Phi) is 5.92. The zero-order chi connectivity index (χ0) is 12.8. The van der Waals surface area contributed by atoms with E-state index in [2.05, 4.69) is 24.1 Å². The monoisotopic (exact) mass is 241 g/mol. The fourth-order valence-corrected chi connectivity index (χ4v) is 2.37. The Morgan fingerprint density at radius 3 is 2.65 bits per heavy atom. The molecule has 0 bridgehead atoms. The number of nitrogens with two attached hydrogens (primary N) is 1. The molecule has 100 valence electrons. The van der Waals surface area contributed by atoms with Crippen LogP contribution in [0.15, 0.2) is 0 Å². The molecule has 0 aliphatic carbocycles. The second kappa shape index (κ2) is 6.97. The average Bonchev–Trinajstić information content (AvgIpc) is 2.34. The van der Waals surface area contributed by atoms with Gasteiger partial charge in [-0.25, -0.2) is 0 Å². The summed E-state index contributed by atoms with van der Waals surface area (Å²) < 4.78 is 0. The van der Waals surface area contributed by atoms with E-state index in [9.17, 15) is 4.79 Å². The highest BCUT2D eigenvalue weighted by atomic mass is 16.2. The molecule has 0 radical (unpaired) electrons. The van der Waals surface area contributed by atoms with Crippen LogP contribution >= 0.6 is 0 Å². The van der Waals surface area contributed by atoms with E-state index in [-0.39, 0.29) is 18.0 Å². The van der Waals surface area contributed by atoms with Crippen LogP contribution < -0.4 is 11.1 Å². The lowest BCUT2D eigenvalue weighted by Gasteiger charge is -2.35. The number of carbonyl (C=O) groups is 1. The maximum atomic E-state index is 12.1. The van der Waals surface area contributed by atoms with Crippen molar-refractivity contribution in [3.05, 3.63) is 0 Å². The Bertz CT molecular complexity index is 241. The SMILES string of the molecule is CCC(CC)NC(=O)C(C)N1CCCC(N)C1. The highest BCUT2D eigenvalue weighted by Gasteiger charge is 2.26. The molecule has 2 unspecified atom stereocenters. The lowest BCUT2D eigenvalue weighted by molar-refractivity contribution is -0.127. The third-order valence-corrected chi connectivity index (χ3v) is 3.75. The van der Waals surface area contributed by atoms with Crippen LogP contribution in [0.25, 0.3) is 0 Å². The van der Waals surface area contributed by atoms with E-state index in [1.165, 1.54) is 0 Å². The maximum absolute atomic E-state index is 12.1. The predicted molar refractivity (Wildman–Crippen MR) is 70.8 cm³/mol. The van der Waals surface area contributed by atoms with E-state index in [0.29, 0.717) is 6.04 Å². The van der Waals surface area contributed by atoms with Crippen molar-refractivity contribution in [2.24, 2.45) is 5.73 Å². The predicted octanol–water partition coefficient (Wildman–Crippen LogP) is 1.10. The Morgan fingerprint density at radius 1 is 1.47 bits per heavy atom. The number of nitrogens with one attached hydrogen (secondary N) is 1. The molecule has 0 aromatic carbocycles. The number of likely N-dealkylation sites (tertiary alicyclic amines) is 1. The molecule has 1 amide bonds. The topological polar surface area (TPSA) is 58.4 Å². The first kappa shape index (κ1) is 14.5. The largest absolute Gasteiger partial charge is 0.352 e. The maximum Gasteiger partial charge on any atom is 0.237 e. The van der Waals surface area contributed by atoms with E-state index in [1.807, 2.05) is 6.92 Å². The van der Waals surface area contributed by atoms with Gasteiger partial charge < -0.3 is 11.1 Å². The summed E-state index contributed by atoms with van der Waals surface area (Å²) in [7, 11) is 0. The molecule has 1 fully saturated rings. The van der Waals surface area contributed by atoms with Gasteiger partial charge >= 0.3 is 0 Å². The van der Waals surface area contributed by atoms with Crippen molar-refractivity contribution in [2.75, 3.05) is 13.1 Å². The van der Waals surface area contributed by atoms with Crippen LogP contribution in [0.1, 0.15) is 46.5 Å². The number of piperidine rings is 1. The molecule has 4 heteroatoms. The van der Waals surface area contributed by atoms with Crippen LogP contribution in [0, 0.1) is 0 Å². The summed E-state index contributed by atoms with van der Waals surface area (Å²) in [5.41, 5.74) is 5.94. The molecule has 0 spiro atoms. The minimum atomic E-state index is -0.0538. The van der Waals surface area contributed by atoms with Crippen molar-refractivity contribution in [3.63, 3.8) is 0 Å². The first-order valence-corrected chi connectivity index (χ1v) is 6.88. The number of hydrogen-bond donors (Lipinski definition) is 2. The van der Waals surface area contributed by atoms with Crippen molar-refractivity contribution in [1.82, 2.24) is 10.2 Å². The third-order valence-electron chi connectivity index (χ3n) is 3.75. The van der Waals surface area contributed by atoms with Crippen LogP contribution in [0.4, 0.5) is 0 Å². The van der Waals surface area contributed by atoms with E-state index in [4.69, 9.17) is 5.73 Å². The van der Waals surface area contributed by atoms with Gasteiger partial charge in [-0.15, -0.1) is 0 Å². The number of nitrogens with zero attached hydrogens (tertiary/aromatic N) is 1. The summed E-state index contributed by atoms with van der Waals surface area (Å²) in [4.78, 5) is 14.3. The van der Waals surface area contributed by atoms with Crippen LogP contribution in [-0.2, 0) is 4.79 Å². The first-order valence-electron chi connectivity index (χ1n) is 6.88. The van der Waals surface area contributed by atoms with Crippen molar-refractivity contribution in [3.8, 4) is 0 Å². The van der Waals surface area contributed by atoms with E-state index in [0.717, 1.165) is 38.8 Å². The van der Waals surface area contributed by atoms with E-state index in [1.54, 1.807) is 0 Å². The van der Waals surface area contributed by atoms with Gasteiger partial charge in [0.2, 0.25) is 5.91 Å². The smallest absolute Gasteiger partial charge is 0.237 e. The van der Waals surface area contributed by atoms with Gasteiger partial charge in [0.1, 0.15) is 0 Å². The Hall–Kier alpha value is -0.610. The molecule has 1 aliphatic rings. The van der Waals surface area contributed by atoms with E-state index < -0.39 is 0 Å². The highest BCUT2D eigenvalue weighted by molar-refractivity contribution is 5.81. The van der Waals surface area contributed by atoms with Crippen LogP contribution in [-0.4, -0.2) is 42.0 Å². The number of hydrogen-bond acceptors (Lipinski definition) is 3. The number of amides is 1. The summed E-state index contributed by atoms with van der Waals surface area (Å²) in [6, 6.07) is 0.484. The third kappa shape index (κ3) is 4.28. The minimum absolute atomic E-state index is 0.0538. The molecule has 1 heterocycles. The molecule has 1 saturated heterocycles. The second-order valence-corrected chi connectivity index (χ2v) is 5.10. The molecule has 0 aromatic heterocycles. The van der Waals surface area contributed by atoms with Crippen molar-refractivity contribution < 1.29 is 4.79 Å². The molecule has 0 aromatic rings. The minimum Gasteiger partial charge on any atom is -0.352 e. The molecule has 0 saturated carbocycles. The fraction of sp³-hybridized carbons (Fsp3) is 0.923. The fourth-order valence-electron chi connectivity index (χ4n) is 2.37. The second-order valence-electron chi connectivity index (χ2n) is 5.10. The summed E-state index contributed by atoms with van der Waals surface area (Å²) in [5, 5.41) is 3.11. The van der Waals surface area contributed by atoms with Gasteiger partial charge in [-0.2, -0.15) is 0 Å². The lowest BCUT2D eigenvalue weighted by Crippen LogP contribution is -2.53. The summed E-state index contributed by atoms with van der Waals surface area (Å²) in [6.07, 6.45) is 4.17. The molecular weight excluding hydrogens is 214 g/mol. The standard InChI is InChI=1S/C13H27N3O/c1-4-12(5-2)15-13(17)10(3)16-8-6-7-11(14)9-16/h10-12H,4-9,14H2,1-3H3,(H,15,17). The van der Waals surface area contributed by atoms with Crippen LogP contribution in [0.5, 0.6) is 0 Å². The molecule has 17 heavy (non-hydrogen) atoms. The van der Waals surface area contributed by atoms with Gasteiger partial charge in [-0.1, -0.05) is 13.8 Å². The van der Waals surface area contributed by atoms with Crippen molar-refractivity contribution in [2.45, 2.75) is 64.6 Å². The van der Waals surface area contributed by atoms with Crippen LogP contribution in [0.2, 0.25) is 0 Å². The van der Waals surface area contributed by atoms with Gasteiger partial charge in [0.25, 0.3) is 0 Å². The molecule has 1 rings (SSSR count). The Labute approximate surface area is 105 Å². The Morgan fingerprint density at radius 2 is 2.12 bits per heavy atom. The van der Waals surface area contributed by atoms with Crippen LogP contribution in [0.3, 0.4) is 0 Å². The molecular formula is C13H27N3O. The van der Waals surface area contributed by atoms with Crippen molar-refractivity contribution >= 4 is 5.91 Å². The van der Waals surface area contributed by atoms with Crippen molar-refractivity contribution in [1.29, 1.82) is 0 Å². The normalized spacial score (nSPS) is 23.7. The van der Waals surface area contributed by atoms with Gasteiger partial charge in [0, 0.05) is 18.6 Å². The molecule has 4 nitrogen and oxygen atoms in total. The van der Waals surface area contributed by atoms with Gasteiger partial charge in [0.15, 0.2) is 0 Å². The van der Waals surface area contributed by atoms with Gasteiger partial charge in [0.05, 0.1) is 6.04 Å². The average molecular weight is 241 g/mol. The van der Waals surface area contributed by atoms with Gasteiger partial charge in [-0.3, -0.25) is 9.69 Å². The summed E-state index contributed by atoms with van der Waals surface area (Å²) >= 11 is 0. The lowest BCUT2D eigenvalue weighted by atomic mass is 10.0. The van der Waals surface area contributed by atoms with E-state index >= 15 is 0 Å². The summed E-state index contributed by atoms with van der Waals surface area (Å²) in [6.45, 7) is 8.03. The zero-order valence-corrected chi connectivity index (χ0v) is 11.4. The molecule has 3 N–H and O–H groups in total. The number of carbonyl (C=O) groups excluding carboxylic acids is 1. The quantitative estimate of drug-likeness (QED) is 0.758. The first-order chi connectivity index (χ1) is 8.08. The summed E-state index contributed by atoms with van der Waals surface area (Å²) in [5.74, 6) is 0.146. The zero-order valence-electron chi connectivity index (χ0n) is 11.4. The number of rotatable bonds is 5.